The summed E-state index contributed by atoms with van der Waals surface area (Å²) >= 11 is 0. The Balaban J connectivity index is 3.76. The van der Waals surface area contributed by atoms with Gasteiger partial charge in [-0.15, -0.1) is 0 Å². The van der Waals surface area contributed by atoms with Gasteiger partial charge in [0.15, 0.2) is 0 Å². The van der Waals surface area contributed by atoms with E-state index in [-0.39, 0.29) is 12.0 Å². The van der Waals surface area contributed by atoms with Crippen LogP contribution in [0.5, 0.6) is 0 Å². The third-order valence-electron chi connectivity index (χ3n) is 3.47. The van der Waals surface area contributed by atoms with Crippen molar-refractivity contribution in [3.63, 3.8) is 0 Å². The van der Waals surface area contributed by atoms with Crippen LogP contribution in [0.25, 0.3) is 0 Å². The largest absolute Gasteiger partial charge is 0.478 e. The lowest BCUT2D eigenvalue weighted by molar-refractivity contribution is -0.290. The van der Waals surface area contributed by atoms with Gasteiger partial charge in [-0.1, -0.05) is 19.9 Å². The van der Waals surface area contributed by atoms with E-state index in [9.17, 15) is 31.0 Å². The number of carboxylic acid groups (broad SMARTS) is 1. The van der Waals surface area contributed by atoms with Crippen LogP contribution in [0.3, 0.4) is 0 Å². The molecule has 0 aromatic heterocycles. The van der Waals surface area contributed by atoms with Crippen LogP contribution in [0.2, 0.25) is 0 Å². The Kier molecular flexibility index (Phi) is 5.56. The highest BCUT2D eigenvalue weighted by molar-refractivity contribution is 7.85. The molecule has 0 saturated heterocycles. The van der Waals surface area contributed by atoms with Crippen molar-refractivity contribution >= 4 is 16.8 Å². The summed E-state index contributed by atoms with van der Waals surface area (Å²) in [6.07, 6.45) is -5.61. The Hall–Kier alpha value is -1.51. The number of benzene rings is 1. The minimum Gasteiger partial charge on any atom is -0.478 e. The molecule has 1 N–H and O–H groups in total. The summed E-state index contributed by atoms with van der Waals surface area (Å²) in [6.45, 7) is 4.11. The van der Waals surface area contributed by atoms with E-state index in [1.807, 2.05) is 0 Å². The van der Waals surface area contributed by atoms with Gasteiger partial charge in [0.2, 0.25) is 0 Å². The number of carboxylic acids is 1. The maximum absolute atomic E-state index is 13.8. The van der Waals surface area contributed by atoms with Crippen molar-refractivity contribution in [2.24, 2.45) is 0 Å². The van der Waals surface area contributed by atoms with Crippen molar-refractivity contribution in [3.8, 4) is 0 Å². The summed E-state index contributed by atoms with van der Waals surface area (Å²) in [4.78, 5) is 10.3. The van der Waals surface area contributed by atoms with Crippen LogP contribution in [0.1, 0.15) is 41.8 Å². The normalized spacial score (nSPS) is 15.3. The molecule has 23 heavy (non-hydrogen) atoms. The summed E-state index contributed by atoms with van der Waals surface area (Å²) in [5.74, 6) is -6.72. The van der Waals surface area contributed by atoms with Gasteiger partial charge in [0.25, 0.3) is 0 Å². The summed E-state index contributed by atoms with van der Waals surface area (Å²) in [7, 11) is -2.20. The fraction of sp³-hybridized carbons (Fsp3) is 0.500. The number of hydrogen-bond acceptors (Lipinski definition) is 2. The molecular weight excluding hydrogens is 343 g/mol. The zero-order chi connectivity index (χ0) is 18.2. The number of aromatic carboxylic acids is 1. The Morgan fingerprint density at radius 1 is 1.26 bits per heavy atom. The van der Waals surface area contributed by atoms with Crippen LogP contribution in [0.4, 0.5) is 22.0 Å². The molecule has 0 aliphatic rings. The van der Waals surface area contributed by atoms with Gasteiger partial charge in [-0.2, -0.15) is 22.0 Å². The van der Waals surface area contributed by atoms with Crippen LogP contribution >= 0.6 is 0 Å². The smallest absolute Gasteiger partial charge is 0.458 e. The second-order valence-electron chi connectivity index (χ2n) is 5.01. The predicted octanol–water partition coefficient (Wildman–Crippen LogP) is 4.25. The van der Waals surface area contributed by atoms with E-state index >= 15 is 0 Å². The number of hydrogen-bond donors (Lipinski definition) is 1. The van der Waals surface area contributed by atoms with E-state index in [1.165, 1.54) is 6.92 Å². The Labute approximate surface area is 132 Å². The van der Waals surface area contributed by atoms with E-state index < -0.39 is 50.1 Å². The molecule has 9 heteroatoms. The fourth-order valence-corrected chi connectivity index (χ4v) is 3.46. The first kappa shape index (κ1) is 19.5. The molecule has 0 heterocycles. The fourth-order valence-electron chi connectivity index (χ4n) is 1.94. The van der Waals surface area contributed by atoms with Crippen molar-refractivity contribution in [3.05, 3.63) is 28.8 Å². The average molecular weight is 358 g/mol. The summed E-state index contributed by atoms with van der Waals surface area (Å²) in [5, 5.41) is 8.30. The molecule has 3 nitrogen and oxygen atoms in total. The second kappa shape index (κ2) is 6.54. The summed E-state index contributed by atoms with van der Waals surface area (Å²) in [5.41, 5.74) is -2.28. The van der Waals surface area contributed by atoms with E-state index in [4.69, 9.17) is 5.11 Å². The van der Waals surface area contributed by atoms with E-state index in [2.05, 4.69) is 0 Å². The molecule has 0 unspecified atom stereocenters. The van der Waals surface area contributed by atoms with Crippen LogP contribution in [0, 0.1) is 6.92 Å². The molecule has 0 spiro atoms. The highest BCUT2D eigenvalue weighted by Crippen LogP contribution is 2.47. The van der Waals surface area contributed by atoms with Gasteiger partial charge in [-0.3, -0.25) is 4.21 Å². The molecule has 0 aliphatic carbocycles. The lowest BCUT2D eigenvalue weighted by atomic mass is 10.0. The standard InChI is InChI=1S/C14H15F5O3S/c1-4-7(2)23(22)11-8(3)9(12(20)21)5-6-10(11)13(15,16)14(17,18)19/h5-7H,4H2,1-3H3,(H,20,21)/t7-,23-/m0/s1. The Bertz CT molecular complexity index is 640. The maximum atomic E-state index is 13.8. The van der Waals surface area contributed by atoms with Crippen LogP contribution in [-0.2, 0) is 16.7 Å². The van der Waals surface area contributed by atoms with Crippen molar-refractivity contribution in [1.82, 2.24) is 0 Å². The van der Waals surface area contributed by atoms with Crippen molar-refractivity contribution in [1.29, 1.82) is 0 Å². The van der Waals surface area contributed by atoms with Gasteiger partial charge in [-0.05, 0) is 25.0 Å². The topological polar surface area (TPSA) is 54.4 Å². The quantitative estimate of drug-likeness (QED) is 0.801. The molecule has 0 saturated carbocycles. The first-order valence-electron chi connectivity index (χ1n) is 6.58. The number of halogens is 5. The highest BCUT2D eigenvalue weighted by atomic mass is 32.2. The summed E-state index contributed by atoms with van der Waals surface area (Å²) in [6, 6.07) is 1.06. The molecule has 1 aromatic carbocycles. The molecule has 0 bridgehead atoms. The SMILES string of the molecule is CC[C@H](C)[S@](=O)c1c(C(F)(F)C(F)(F)F)ccc(C(=O)O)c1C. The molecule has 2 atom stereocenters. The summed E-state index contributed by atoms with van der Waals surface area (Å²) < 4.78 is 77.9. The maximum Gasteiger partial charge on any atom is 0.458 e. The molecule has 130 valence electrons. The van der Waals surface area contributed by atoms with Crippen LogP contribution < -0.4 is 0 Å². The van der Waals surface area contributed by atoms with Crippen molar-refractivity contribution in [2.45, 2.75) is 49.4 Å². The Morgan fingerprint density at radius 2 is 1.78 bits per heavy atom. The molecule has 1 rings (SSSR count). The zero-order valence-corrected chi connectivity index (χ0v) is 13.3. The van der Waals surface area contributed by atoms with E-state index in [0.29, 0.717) is 12.1 Å². The second-order valence-corrected chi connectivity index (χ2v) is 6.82. The third-order valence-corrected chi connectivity index (χ3v) is 5.46. The lowest BCUT2D eigenvalue weighted by Gasteiger charge is -2.25. The highest BCUT2D eigenvalue weighted by Gasteiger charge is 2.60. The van der Waals surface area contributed by atoms with Gasteiger partial charge in [0, 0.05) is 10.8 Å². The van der Waals surface area contributed by atoms with E-state index in [0.717, 1.165) is 6.92 Å². The van der Waals surface area contributed by atoms with Crippen molar-refractivity contribution < 1.29 is 36.1 Å². The molecule has 0 amide bonds. The monoisotopic (exact) mass is 358 g/mol. The third kappa shape index (κ3) is 3.54. The molecular formula is C14H15F5O3S. The molecule has 0 radical (unpaired) electrons. The zero-order valence-electron chi connectivity index (χ0n) is 12.5. The average Bonchev–Trinajstić information content (AvgIpc) is 2.43. The van der Waals surface area contributed by atoms with Crippen LogP contribution in [0.15, 0.2) is 17.0 Å². The van der Waals surface area contributed by atoms with Gasteiger partial charge in [0.1, 0.15) is 0 Å². The molecule has 0 aliphatic heterocycles. The number of rotatable bonds is 5. The first-order valence-corrected chi connectivity index (χ1v) is 7.80. The number of carbonyl (C=O) groups is 1. The van der Waals surface area contributed by atoms with Gasteiger partial charge in [0.05, 0.1) is 21.3 Å². The van der Waals surface area contributed by atoms with Crippen LogP contribution in [-0.4, -0.2) is 26.7 Å². The minimum absolute atomic E-state index is 0.264. The van der Waals surface area contributed by atoms with Gasteiger partial charge >= 0.3 is 18.1 Å². The predicted molar refractivity (Wildman–Crippen MR) is 74.2 cm³/mol. The lowest BCUT2D eigenvalue weighted by Crippen LogP contribution is -2.35. The van der Waals surface area contributed by atoms with Gasteiger partial charge < -0.3 is 5.11 Å². The molecule has 0 fully saturated rings. The minimum atomic E-state index is -5.88. The van der Waals surface area contributed by atoms with Gasteiger partial charge in [-0.25, -0.2) is 4.79 Å². The molecule has 1 aromatic rings. The Morgan fingerprint density at radius 3 is 2.17 bits per heavy atom. The van der Waals surface area contributed by atoms with Crippen molar-refractivity contribution in [2.75, 3.05) is 0 Å². The first-order chi connectivity index (χ1) is 10.4. The van der Waals surface area contributed by atoms with E-state index in [1.54, 1.807) is 6.92 Å². The number of alkyl halides is 5.